The van der Waals surface area contributed by atoms with Gasteiger partial charge in [0.2, 0.25) is 0 Å². The molecule has 0 spiro atoms. The summed E-state index contributed by atoms with van der Waals surface area (Å²) < 4.78 is 0. The Morgan fingerprint density at radius 1 is 0.966 bits per heavy atom. The predicted molar refractivity (Wildman–Crippen MR) is 115 cm³/mol. The van der Waals surface area contributed by atoms with E-state index in [9.17, 15) is 9.59 Å². The third kappa shape index (κ3) is 3.76. The van der Waals surface area contributed by atoms with Crippen LogP contribution in [0.5, 0.6) is 0 Å². The van der Waals surface area contributed by atoms with Crippen LogP contribution in [0.25, 0.3) is 0 Å². The highest BCUT2D eigenvalue weighted by Gasteiger charge is 2.24. The third-order valence-corrected chi connectivity index (χ3v) is 5.32. The van der Waals surface area contributed by atoms with Gasteiger partial charge in [-0.15, -0.1) is 0 Å². The number of carbonyl (C=O) groups is 2. The largest absolute Gasteiger partial charge is 0.321 e. The van der Waals surface area contributed by atoms with Gasteiger partial charge in [0.15, 0.2) is 0 Å². The molecule has 4 rings (SSSR count). The summed E-state index contributed by atoms with van der Waals surface area (Å²) in [4.78, 5) is 31.9. The number of benzene rings is 2. The zero-order chi connectivity index (χ0) is 20.4. The Balaban J connectivity index is 1.59. The molecule has 1 aliphatic rings. The minimum atomic E-state index is -0.274. The molecule has 2 amide bonds. The lowest BCUT2D eigenvalue weighted by atomic mass is 10.0. The van der Waals surface area contributed by atoms with Crippen LogP contribution in [0, 0.1) is 13.8 Å². The minimum Gasteiger partial charge on any atom is -0.321 e. The van der Waals surface area contributed by atoms with Crippen LogP contribution in [0.2, 0.25) is 0 Å². The standard InChI is InChI=1S/C24H23N3O2/c1-16-7-5-8-17(2)22(16)26-23(28)19-13-20(15-25-14-19)24(29)27-12-6-10-18-9-3-4-11-21(18)27/h3-5,7-9,11,13-15H,6,10,12H2,1-2H3,(H,26,28). The van der Waals surface area contributed by atoms with Crippen molar-refractivity contribution in [3.05, 3.63) is 88.7 Å². The molecule has 0 bridgehead atoms. The van der Waals surface area contributed by atoms with E-state index in [0.29, 0.717) is 17.7 Å². The van der Waals surface area contributed by atoms with Gasteiger partial charge in [0, 0.05) is 30.3 Å². The van der Waals surface area contributed by atoms with Crippen LogP contribution in [-0.4, -0.2) is 23.3 Å². The van der Waals surface area contributed by atoms with Crippen LogP contribution in [0.1, 0.15) is 43.8 Å². The summed E-state index contributed by atoms with van der Waals surface area (Å²) >= 11 is 0. The molecule has 1 N–H and O–H groups in total. The fourth-order valence-corrected chi connectivity index (χ4v) is 3.78. The molecule has 1 aliphatic heterocycles. The first-order valence-electron chi connectivity index (χ1n) is 9.77. The van der Waals surface area contributed by atoms with Crippen LogP contribution in [-0.2, 0) is 6.42 Å². The molecule has 2 aromatic carbocycles. The summed E-state index contributed by atoms with van der Waals surface area (Å²) in [5, 5.41) is 2.95. The number of hydrogen-bond acceptors (Lipinski definition) is 3. The van der Waals surface area contributed by atoms with E-state index in [4.69, 9.17) is 0 Å². The van der Waals surface area contributed by atoms with E-state index in [1.807, 2.05) is 50.2 Å². The number of para-hydroxylation sites is 2. The first-order valence-corrected chi connectivity index (χ1v) is 9.77. The van der Waals surface area contributed by atoms with Crippen molar-refractivity contribution in [2.75, 3.05) is 16.8 Å². The van der Waals surface area contributed by atoms with Crippen molar-refractivity contribution in [3.63, 3.8) is 0 Å². The van der Waals surface area contributed by atoms with Gasteiger partial charge < -0.3 is 10.2 Å². The maximum Gasteiger partial charge on any atom is 0.259 e. The van der Waals surface area contributed by atoms with E-state index in [1.165, 1.54) is 18.0 Å². The average Bonchev–Trinajstić information content (AvgIpc) is 2.75. The minimum absolute atomic E-state index is 0.133. The number of rotatable bonds is 3. The highest BCUT2D eigenvalue weighted by molar-refractivity contribution is 6.10. The number of pyridine rings is 1. The molecule has 0 aliphatic carbocycles. The first kappa shape index (κ1) is 18.9. The maximum absolute atomic E-state index is 13.2. The molecule has 3 aromatic rings. The smallest absolute Gasteiger partial charge is 0.259 e. The Morgan fingerprint density at radius 2 is 1.69 bits per heavy atom. The molecule has 29 heavy (non-hydrogen) atoms. The summed E-state index contributed by atoms with van der Waals surface area (Å²) in [6.07, 6.45) is 4.90. The Labute approximate surface area is 170 Å². The molecule has 0 atom stereocenters. The fraction of sp³-hybridized carbons (Fsp3) is 0.208. The van der Waals surface area contributed by atoms with Crippen LogP contribution in [0.4, 0.5) is 11.4 Å². The number of aromatic nitrogens is 1. The van der Waals surface area contributed by atoms with Crippen molar-refractivity contribution < 1.29 is 9.59 Å². The van der Waals surface area contributed by atoms with Gasteiger partial charge in [-0.1, -0.05) is 36.4 Å². The number of fused-ring (bicyclic) bond motifs is 1. The molecule has 0 fully saturated rings. The summed E-state index contributed by atoms with van der Waals surface area (Å²) in [6, 6.07) is 15.4. The van der Waals surface area contributed by atoms with E-state index in [-0.39, 0.29) is 11.8 Å². The average molecular weight is 385 g/mol. The Bertz CT molecular complexity index is 1070. The van der Waals surface area contributed by atoms with Gasteiger partial charge >= 0.3 is 0 Å². The molecule has 1 aromatic heterocycles. The van der Waals surface area contributed by atoms with Gasteiger partial charge in [0.05, 0.1) is 11.1 Å². The van der Waals surface area contributed by atoms with Crippen molar-refractivity contribution in [2.45, 2.75) is 26.7 Å². The number of aryl methyl sites for hydroxylation is 3. The quantitative estimate of drug-likeness (QED) is 0.720. The molecule has 5 nitrogen and oxygen atoms in total. The molecule has 5 heteroatoms. The number of carbonyl (C=O) groups excluding carboxylic acids is 2. The highest BCUT2D eigenvalue weighted by Crippen LogP contribution is 2.28. The van der Waals surface area contributed by atoms with Crippen molar-refractivity contribution in [1.82, 2.24) is 4.98 Å². The monoisotopic (exact) mass is 385 g/mol. The van der Waals surface area contributed by atoms with E-state index in [0.717, 1.165) is 35.3 Å². The lowest BCUT2D eigenvalue weighted by molar-refractivity contribution is 0.0984. The second-order valence-corrected chi connectivity index (χ2v) is 7.37. The summed E-state index contributed by atoms with van der Waals surface area (Å²) in [5.41, 5.74) is 5.66. The molecule has 0 saturated heterocycles. The molecule has 2 heterocycles. The van der Waals surface area contributed by atoms with Crippen LogP contribution in [0.15, 0.2) is 60.9 Å². The van der Waals surface area contributed by atoms with Gasteiger partial charge in [-0.25, -0.2) is 0 Å². The summed E-state index contributed by atoms with van der Waals surface area (Å²) in [6.45, 7) is 4.57. The molecule has 0 unspecified atom stereocenters. The van der Waals surface area contributed by atoms with Crippen molar-refractivity contribution in [2.24, 2.45) is 0 Å². The van der Waals surface area contributed by atoms with Crippen LogP contribution in [0.3, 0.4) is 0 Å². The van der Waals surface area contributed by atoms with Crippen molar-refractivity contribution in [3.8, 4) is 0 Å². The lowest BCUT2D eigenvalue weighted by Crippen LogP contribution is -2.35. The Morgan fingerprint density at radius 3 is 2.48 bits per heavy atom. The third-order valence-electron chi connectivity index (χ3n) is 5.32. The van der Waals surface area contributed by atoms with E-state index < -0.39 is 0 Å². The normalized spacial score (nSPS) is 13.0. The maximum atomic E-state index is 13.2. The molecule has 0 saturated carbocycles. The van der Waals surface area contributed by atoms with Gasteiger partial charge in [0.25, 0.3) is 11.8 Å². The zero-order valence-electron chi connectivity index (χ0n) is 16.6. The zero-order valence-corrected chi connectivity index (χ0v) is 16.6. The van der Waals surface area contributed by atoms with Gasteiger partial charge in [-0.2, -0.15) is 0 Å². The number of nitrogens with zero attached hydrogens (tertiary/aromatic N) is 2. The molecule has 146 valence electrons. The highest BCUT2D eigenvalue weighted by atomic mass is 16.2. The van der Waals surface area contributed by atoms with Crippen molar-refractivity contribution in [1.29, 1.82) is 0 Å². The van der Waals surface area contributed by atoms with E-state index >= 15 is 0 Å². The second kappa shape index (κ2) is 7.87. The predicted octanol–water partition coefficient (Wildman–Crippen LogP) is 4.54. The topological polar surface area (TPSA) is 62.3 Å². The van der Waals surface area contributed by atoms with E-state index in [2.05, 4.69) is 16.4 Å². The number of amides is 2. The fourth-order valence-electron chi connectivity index (χ4n) is 3.78. The first-order chi connectivity index (χ1) is 14.0. The molecular weight excluding hydrogens is 362 g/mol. The SMILES string of the molecule is Cc1cccc(C)c1NC(=O)c1cncc(C(=O)N2CCCc3ccccc32)c1. The van der Waals surface area contributed by atoms with Gasteiger partial charge in [0.1, 0.15) is 0 Å². The molecular formula is C24H23N3O2. The Kier molecular flexibility index (Phi) is 5.12. The second-order valence-electron chi connectivity index (χ2n) is 7.37. The summed E-state index contributed by atoms with van der Waals surface area (Å²) in [5.74, 6) is -0.407. The van der Waals surface area contributed by atoms with Gasteiger partial charge in [-0.3, -0.25) is 14.6 Å². The number of anilines is 2. The van der Waals surface area contributed by atoms with E-state index in [1.54, 1.807) is 11.0 Å². The van der Waals surface area contributed by atoms with Crippen molar-refractivity contribution >= 4 is 23.2 Å². The summed E-state index contributed by atoms with van der Waals surface area (Å²) in [7, 11) is 0. The van der Waals surface area contributed by atoms with Crippen LogP contribution < -0.4 is 10.2 Å². The number of nitrogens with one attached hydrogen (secondary N) is 1. The number of hydrogen-bond donors (Lipinski definition) is 1. The lowest BCUT2D eigenvalue weighted by Gasteiger charge is -2.29. The Hall–Kier alpha value is -3.47. The van der Waals surface area contributed by atoms with Gasteiger partial charge in [-0.05, 0) is 55.5 Å². The van der Waals surface area contributed by atoms with Crippen LogP contribution >= 0.6 is 0 Å². The molecule has 0 radical (unpaired) electrons.